The van der Waals surface area contributed by atoms with Crippen LogP contribution in [0.5, 0.6) is 0 Å². The number of anilines is 1. The average Bonchev–Trinajstić information content (AvgIpc) is 2.39. The van der Waals surface area contributed by atoms with Gasteiger partial charge < -0.3 is 15.2 Å². The number of ether oxygens (including phenoxy) is 1. The Labute approximate surface area is 134 Å². The van der Waals surface area contributed by atoms with E-state index in [2.05, 4.69) is 5.32 Å². The summed E-state index contributed by atoms with van der Waals surface area (Å²) in [6.07, 6.45) is -0.640. The molecule has 118 valence electrons. The Morgan fingerprint density at radius 3 is 2.76 bits per heavy atom. The van der Waals surface area contributed by atoms with E-state index in [1.165, 1.54) is 7.11 Å². The minimum absolute atomic E-state index is 0.112. The maximum atomic E-state index is 12.0. The summed E-state index contributed by atoms with van der Waals surface area (Å²) in [4.78, 5) is 13.7. The predicted molar refractivity (Wildman–Crippen MR) is 85.2 cm³/mol. The second-order valence-electron chi connectivity index (χ2n) is 4.91. The SMILES string of the molecule is COCC(O)CN(C)CC(=O)Nc1c(Cl)ccc(C)c1Cl. The lowest BCUT2D eigenvalue weighted by molar-refractivity contribution is -0.117. The molecule has 1 unspecified atom stereocenters. The quantitative estimate of drug-likeness (QED) is 0.802. The van der Waals surface area contributed by atoms with Gasteiger partial charge in [-0.3, -0.25) is 9.69 Å². The number of aryl methyl sites for hydroxylation is 1. The Hall–Kier alpha value is -0.850. The molecule has 0 spiro atoms. The molecule has 5 nitrogen and oxygen atoms in total. The van der Waals surface area contributed by atoms with E-state index in [1.54, 1.807) is 24.1 Å². The lowest BCUT2D eigenvalue weighted by Gasteiger charge is -2.20. The first-order chi connectivity index (χ1) is 9.85. The van der Waals surface area contributed by atoms with Crippen LogP contribution in [-0.4, -0.2) is 55.9 Å². The van der Waals surface area contributed by atoms with Gasteiger partial charge in [0.1, 0.15) is 0 Å². The van der Waals surface area contributed by atoms with E-state index in [4.69, 9.17) is 27.9 Å². The molecule has 0 aromatic heterocycles. The van der Waals surface area contributed by atoms with Crippen molar-refractivity contribution in [1.29, 1.82) is 0 Å². The summed E-state index contributed by atoms with van der Waals surface area (Å²) in [5.74, 6) is -0.253. The Kier molecular flexibility index (Phi) is 7.42. The number of benzene rings is 1. The molecule has 0 saturated heterocycles. The zero-order valence-corrected chi connectivity index (χ0v) is 13.8. The van der Waals surface area contributed by atoms with Crippen molar-refractivity contribution < 1.29 is 14.6 Å². The van der Waals surface area contributed by atoms with Crippen LogP contribution in [0.1, 0.15) is 5.56 Å². The number of methoxy groups -OCH3 is 1. The van der Waals surface area contributed by atoms with E-state index in [9.17, 15) is 9.90 Å². The molecule has 2 N–H and O–H groups in total. The van der Waals surface area contributed by atoms with E-state index >= 15 is 0 Å². The molecular formula is C14H20Cl2N2O3. The van der Waals surface area contributed by atoms with Crippen LogP contribution in [0.3, 0.4) is 0 Å². The highest BCUT2D eigenvalue weighted by molar-refractivity contribution is 6.40. The van der Waals surface area contributed by atoms with Gasteiger partial charge in [-0.15, -0.1) is 0 Å². The lowest BCUT2D eigenvalue weighted by atomic mass is 10.2. The van der Waals surface area contributed by atoms with Crippen molar-refractivity contribution in [3.8, 4) is 0 Å². The Morgan fingerprint density at radius 1 is 1.48 bits per heavy atom. The number of amides is 1. The first kappa shape index (κ1) is 18.2. The van der Waals surface area contributed by atoms with Gasteiger partial charge in [-0.25, -0.2) is 0 Å². The lowest BCUT2D eigenvalue weighted by Crippen LogP contribution is -2.37. The number of carbonyl (C=O) groups excluding carboxylic acids is 1. The third-order valence-electron chi connectivity index (χ3n) is 2.84. The largest absolute Gasteiger partial charge is 0.389 e. The standard InChI is InChI=1S/C14H20Cl2N2O3/c1-9-4-5-11(15)14(13(9)16)17-12(20)7-18(2)6-10(19)8-21-3/h4-5,10,19H,6-8H2,1-3H3,(H,17,20). The van der Waals surface area contributed by atoms with Crippen LogP contribution in [0, 0.1) is 6.92 Å². The van der Waals surface area contributed by atoms with Crippen LogP contribution in [0.15, 0.2) is 12.1 Å². The fourth-order valence-corrected chi connectivity index (χ4v) is 2.33. The number of aliphatic hydroxyl groups excluding tert-OH is 1. The zero-order valence-electron chi connectivity index (χ0n) is 12.3. The molecule has 7 heteroatoms. The maximum absolute atomic E-state index is 12.0. The van der Waals surface area contributed by atoms with Gasteiger partial charge in [0, 0.05) is 13.7 Å². The van der Waals surface area contributed by atoms with Crippen molar-refractivity contribution in [2.45, 2.75) is 13.0 Å². The summed E-state index contributed by atoms with van der Waals surface area (Å²) >= 11 is 12.2. The summed E-state index contributed by atoms with van der Waals surface area (Å²) in [5.41, 5.74) is 1.24. The third kappa shape index (κ3) is 5.80. The normalized spacial score (nSPS) is 12.5. The third-order valence-corrected chi connectivity index (χ3v) is 3.65. The smallest absolute Gasteiger partial charge is 0.238 e. The van der Waals surface area contributed by atoms with Gasteiger partial charge in [0.15, 0.2) is 0 Å². The highest BCUT2D eigenvalue weighted by atomic mass is 35.5. The predicted octanol–water partition coefficient (Wildman–Crippen LogP) is 2.18. The van der Waals surface area contributed by atoms with E-state index in [-0.39, 0.29) is 19.1 Å². The number of halogens is 2. The van der Waals surface area contributed by atoms with Crippen LogP contribution in [0.2, 0.25) is 10.0 Å². The van der Waals surface area contributed by atoms with Gasteiger partial charge in [0.2, 0.25) is 5.91 Å². The van der Waals surface area contributed by atoms with Crippen LogP contribution >= 0.6 is 23.2 Å². The molecule has 1 aromatic carbocycles. The summed E-state index contributed by atoms with van der Waals surface area (Å²) in [7, 11) is 3.25. The molecule has 0 radical (unpaired) electrons. The van der Waals surface area contributed by atoms with E-state index < -0.39 is 6.10 Å². The molecule has 21 heavy (non-hydrogen) atoms. The minimum atomic E-state index is -0.640. The molecule has 0 saturated carbocycles. The Morgan fingerprint density at radius 2 is 2.14 bits per heavy atom. The van der Waals surface area contributed by atoms with Crippen LogP contribution in [-0.2, 0) is 9.53 Å². The molecule has 1 amide bonds. The fraction of sp³-hybridized carbons (Fsp3) is 0.500. The number of nitrogens with one attached hydrogen (secondary N) is 1. The van der Waals surface area contributed by atoms with Crippen molar-refractivity contribution in [1.82, 2.24) is 4.90 Å². The van der Waals surface area contributed by atoms with Crippen LogP contribution in [0.4, 0.5) is 5.69 Å². The van der Waals surface area contributed by atoms with Crippen molar-refractivity contribution >= 4 is 34.8 Å². The van der Waals surface area contributed by atoms with Gasteiger partial charge in [-0.05, 0) is 25.6 Å². The van der Waals surface area contributed by atoms with Crippen LogP contribution in [0.25, 0.3) is 0 Å². The van der Waals surface area contributed by atoms with Gasteiger partial charge >= 0.3 is 0 Å². The second-order valence-corrected chi connectivity index (χ2v) is 5.69. The van der Waals surface area contributed by atoms with Crippen molar-refractivity contribution in [2.24, 2.45) is 0 Å². The van der Waals surface area contributed by atoms with Gasteiger partial charge in [-0.2, -0.15) is 0 Å². The zero-order chi connectivity index (χ0) is 16.0. The Bertz CT molecular complexity index is 497. The summed E-state index contributed by atoms with van der Waals surface area (Å²) in [6, 6.07) is 3.47. The molecule has 0 aliphatic rings. The van der Waals surface area contributed by atoms with Gasteiger partial charge in [0.05, 0.1) is 35.0 Å². The van der Waals surface area contributed by atoms with Gasteiger partial charge in [0.25, 0.3) is 0 Å². The van der Waals surface area contributed by atoms with E-state index in [1.807, 2.05) is 6.92 Å². The van der Waals surface area contributed by atoms with E-state index in [0.29, 0.717) is 22.3 Å². The molecule has 0 heterocycles. The summed E-state index contributed by atoms with van der Waals surface area (Å²) in [6.45, 7) is 2.50. The minimum Gasteiger partial charge on any atom is -0.389 e. The summed E-state index contributed by atoms with van der Waals surface area (Å²) < 4.78 is 4.84. The molecule has 1 atom stereocenters. The molecule has 0 bridgehead atoms. The van der Waals surface area contributed by atoms with E-state index in [0.717, 1.165) is 5.56 Å². The maximum Gasteiger partial charge on any atom is 0.238 e. The number of likely N-dealkylation sites (N-methyl/N-ethyl adjacent to an activating group) is 1. The number of hydrogen-bond donors (Lipinski definition) is 2. The summed E-state index contributed by atoms with van der Waals surface area (Å²) in [5, 5.41) is 13.1. The van der Waals surface area contributed by atoms with Crippen molar-refractivity contribution in [2.75, 3.05) is 39.2 Å². The number of nitrogens with zero attached hydrogens (tertiary/aromatic N) is 1. The first-order valence-electron chi connectivity index (χ1n) is 6.45. The number of hydrogen-bond acceptors (Lipinski definition) is 4. The van der Waals surface area contributed by atoms with Crippen LogP contribution < -0.4 is 5.32 Å². The second kappa shape index (κ2) is 8.56. The average molecular weight is 335 g/mol. The van der Waals surface area contributed by atoms with Gasteiger partial charge in [-0.1, -0.05) is 29.3 Å². The highest BCUT2D eigenvalue weighted by Gasteiger charge is 2.15. The molecule has 0 aliphatic carbocycles. The highest BCUT2D eigenvalue weighted by Crippen LogP contribution is 2.32. The Balaban J connectivity index is 2.60. The molecule has 0 aliphatic heterocycles. The monoisotopic (exact) mass is 334 g/mol. The fourth-order valence-electron chi connectivity index (χ4n) is 1.86. The molecule has 0 fully saturated rings. The number of aliphatic hydroxyl groups is 1. The molecule has 1 rings (SSSR count). The topological polar surface area (TPSA) is 61.8 Å². The van der Waals surface area contributed by atoms with Crippen molar-refractivity contribution in [3.05, 3.63) is 27.7 Å². The molecular weight excluding hydrogens is 315 g/mol. The van der Waals surface area contributed by atoms with Crippen molar-refractivity contribution in [3.63, 3.8) is 0 Å². The number of carbonyl (C=O) groups is 1. The first-order valence-corrected chi connectivity index (χ1v) is 7.20. The number of rotatable bonds is 7. The molecule has 1 aromatic rings.